The van der Waals surface area contributed by atoms with Gasteiger partial charge < -0.3 is 10.1 Å². The Hall–Kier alpha value is -2.18. The summed E-state index contributed by atoms with van der Waals surface area (Å²) >= 11 is 5.97. The number of benzene rings is 2. The number of carbonyl (C=O) groups excluding carboxylic acids is 2. The molecule has 0 spiro atoms. The highest BCUT2D eigenvalue weighted by molar-refractivity contribution is 7.84. The van der Waals surface area contributed by atoms with Gasteiger partial charge in [0.2, 0.25) is 0 Å². The summed E-state index contributed by atoms with van der Waals surface area (Å²) in [7, 11) is -1.34. The third-order valence-electron chi connectivity index (χ3n) is 3.20. The Morgan fingerprint density at radius 1 is 1.12 bits per heavy atom. The van der Waals surface area contributed by atoms with Crippen molar-refractivity contribution >= 4 is 40.0 Å². The van der Waals surface area contributed by atoms with Crippen LogP contribution in [-0.4, -0.2) is 28.4 Å². The van der Waals surface area contributed by atoms with Gasteiger partial charge in [0.15, 0.2) is 6.10 Å². The molecule has 5 nitrogen and oxygen atoms in total. The van der Waals surface area contributed by atoms with Gasteiger partial charge in [-0.05, 0) is 31.2 Å². The van der Waals surface area contributed by atoms with Crippen LogP contribution in [0.4, 0.5) is 5.69 Å². The van der Waals surface area contributed by atoms with Crippen molar-refractivity contribution in [1.29, 1.82) is 0 Å². The van der Waals surface area contributed by atoms with E-state index in [0.717, 1.165) is 0 Å². The lowest BCUT2D eigenvalue weighted by atomic mass is 10.2. The Balaban J connectivity index is 2.08. The van der Waals surface area contributed by atoms with E-state index in [1.54, 1.807) is 42.5 Å². The number of ether oxygens (including phenoxy) is 1. The average molecular weight is 366 g/mol. The molecule has 2 rings (SSSR count). The monoisotopic (exact) mass is 365 g/mol. The Bertz CT molecular complexity index is 794. The summed E-state index contributed by atoms with van der Waals surface area (Å²) in [5.41, 5.74) is 0.609. The van der Waals surface area contributed by atoms with Crippen molar-refractivity contribution in [1.82, 2.24) is 0 Å². The highest BCUT2D eigenvalue weighted by atomic mass is 35.5. The number of para-hydroxylation sites is 1. The molecule has 1 amide bonds. The zero-order valence-corrected chi connectivity index (χ0v) is 14.7. The molecule has 0 aromatic heterocycles. The fourth-order valence-corrected chi connectivity index (χ4v) is 2.87. The summed E-state index contributed by atoms with van der Waals surface area (Å²) in [6, 6.07) is 13.2. The van der Waals surface area contributed by atoms with Gasteiger partial charge in [-0.25, -0.2) is 4.79 Å². The Morgan fingerprint density at radius 2 is 1.75 bits per heavy atom. The van der Waals surface area contributed by atoms with E-state index in [2.05, 4.69) is 5.32 Å². The van der Waals surface area contributed by atoms with Crippen molar-refractivity contribution < 1.29 is 18.5 Å². The van der Waals surface area contributed by atoms with E-state index in [4.69, 9.17) is 16.3 Å². The normalized spacial score (nSPS) is 13.0. The van der Waals surface area contributed by atoms with E-state index in [0.29, 0.717) is 15.6 Å². The molecule has 2 aromatic rings. The predicted molar refractivity (Wildman–Crippen MR) is 93.7 cm³/mol. The summed E-state index contributed by atoms with van der Waals surface area (Å²) in [5, 5.41) is 2.98. The number of hydrogen-bond donors (Lipinski definition) is 1. The molecule has 0 heterocycles. The summed E-state index contributed by atoms with van der Waals surface area (Å²) < 4.78 is 16.9. The highest BCUT2D eigenvalue weighted by Gasteiger charge is 2.22. The molecule has 24 heavy (non-hydrogen) atoms. The van der Waals surface area contributed by atoms with Crippen LogP contribution in [0.3, 0.4) is 0 Å². The molecule has 2 atom stereocenters. The largest absolute Gasteiger partial charge is 0.449 e. The molecule has 7 heteroatoms. The van der Waals surface area contributed by atoms with Crippen molar-refractivity contribution in [3.05, 3.63) is 59.1 Å². The van der Waals surface area contributed by atoms with E-state index in [9.17, 15) is 13.8 Å². The fourth-order valence-electron chi connectivity index (χ4n) is 1.96. The Kier molecular flexibility index (Phi) is 6.11. The molecule has 0 saturated carbocycles. The lowest BCUT2D eigenvalue weighted by Crippen LogP contribution is -2.30. The van der Waals surface area contributed by atoms with Crippen molar-refractivity contribution in [2.24, 2.45) is 0 Å². The Labute approximate surface area is 147 Å². The molecule has 2 aromatic carbocycles. The van der Waals surface area contributed by atoms with Crippen LogP contribution in [0.5, 0.6) is 0 Å². The third kappa shape index (κ3) is 4.43. The molecule has 126 valence electrons. The zero-order chi connectivity index (χ0) is 17.7. The minimum Gasteiger partial charge on any atom is -0.449 e. The first kappa shape index (κ1) is 18.2. The number of hydrogen-bond acceptors (Lipinski definition) is 4. The van der Waals surface area contributed by atoms with Crippen LogP contribution in [0.2, 0.25) is 5.02 Å². The quantitative estimate of drug-likeness (QED) is 0.825. The number of nitrogens with one attached hydrogen (secondary N) is 1. The Morgan fingerprint density at radius 3 is 2.42 bits per heavy atom. The van der Waals surface area contributed by atoms with E-state index in [1.807, 2.05) is 0 Å². The second-order valence-corrected chi connectivity index (χ2v) is 6.72. The van der Waals surface area contributed by atoms with E-state index in [1.165, 1.54) is 19.2 Å². The van der Waals surface area contributed by atoms with Gasteiger partial charge >= 0.3 is 5.97 Å². The minimum absolute atomic E-state index is 0.177. The standard InChI is InChI=1S/C17H16ClNO4S/c1-11(16(20)19-14-9-5-4-8-13(14)18)23-17(21)12-7-3-6-10-15(12)24(2)22/h3-11H,1-2H3,(H,19,20)/t11-,24+/m1/s1. The van der Waals surface area contributed by atoms with Crippen LogP contribution < -0.4 is 5.32 Å². The van der Waals surface area contributed by atoms with E-state index in [-0.39, 0.29) is 5.56 Å². The molecular formula is C17H16ClNO4S. The van der Waals surface area contributed by atoms with Crippen LogP contribution in [0.15, 0.2) is 53.4 Å². The maximum atomic E-state index is 12.2. The number of esters is 1. The summed E-state index contributed by atoms with van der Waals surface area (Å²) in [4.78, 5) is 24.7. The smallest absolute Gasteiger partial charge is 0.340 e. The van der Waals surface area contributed by atoms with Crippen LogP contribution >= 0.6 is 11.6 Å². The molecule has 0 aliphatic carbocycles. The lowest BCUT2D eigenvalue weighted by Gasteiger charge is -2.15. The van der Waals surface area contributed by atoms with Crippen molar-refractivity contribution in [2.45, 2.75) is 17.9 Å². The number of amides is 1. The minimum atomic E-state index is -1.34. The van der Waals surface area contributed by atoms with Crippen LogP contribution in [0.1, 0.15) is 17.3 Å². The maximum absolute atomic E-state index is 12.2. The van der Waals surface area contributed by atoms with Gasteiger partial charge in [-0.2, -0.15) is 0 Å². The number of carbonyl (C=O) groups is 2. The molecule has 1 N–H and O–H groups in total. The number of halogens is 1. The molecule has 0 aliphatic rings. The SMILES string of the molecule is C[C@@H](OC(=O)c1ccccc1[S@](C)=O)C(=O)Nc1ccccc1Cl. The first-order valence-corrected chi connectivity index (χ1v) is 9.02. The van der Waals surface area contributed by atoms with Gasteiger partial charge in [0.25, 0.3) is 5.91 Å². The average Bonchev–Trinajstić information content (AvgIpc) is 2.56. The molecule has 0 bridgehead atoms. The van der Waals surface area contributed by atoms with Gasteiger partial charge in [-0.3, -0.25) is 9.00 Å². The first-order chi connectivity index (χ1) is 11.4. The molecule has 0 unspecified atom stereocenters. The van der Waals surface area contributed by atoms with Crippen LogP contribution in [0, 0.1) is 0 Å². The predicted octanol–water partition coefficient (Wildman–Crippen LogP) is 3.26. The number of anilines is 1. The maximum Gasteiger partial charge on any atom is 0.340 e. The molecule has 0 saturated heterocycles. The zero-order valence-electron chi connectivity index (χ0n) is 13.1. The first-order valence-electron chi connectivity index (χ1n) is 7.09. The van der Waals surface area contributed by atoms with Gasteiger partial charge in [0.05, 0.1) is 32.0 Å². The fraction of sp³-hybridized carbons (Fsp3) is 0.176. The second-order valence-electron chi connectivity index (χ2n) is 4.97. The lowest BCUT2D eigenvalue weighted by molar-refractivity contribution is -0.123. The van der Waals surface area contributed by atoms with Crippen LogP contribution in [0.25, 0.3) is 0 Å². The molecule has 0 radical (unpaired) electrons. The summed E-state index contributed by atoms with van der Waals surface area (Å²) in [5.74, 6) is -1.21. The van der Waals surface area contributed by atoms with Crippen LogP contribution in [-0.2, 0) is 20.3 Å². The number of rotatable bonds is 5. The van der Waals surface area contributed by atoms with Crippen molar-refractivity contribution in [3.63, 3.8) is 0 Å². The summed E-state index contributed by atoms with van der Waals surface area (Å²) in [6.07, 6.45) is 0.437. The topological polar surface area (TPSA) is 72.5 Å². The third-order valence-corrected chi connectivity index (χ3v) is 4.51. The van der Waals surface area contributed by atoms with E-state index < -0.39 is 28.8 Å². The molecule has 0 fully saturated rings. The molecular weight excluding hydrogens is 350 g/mol. The van der Waals surface area contributed by atoms with Crippen molar-refractivity contribution in [3.8, 4) is 0 Å². The second kappa shape index (κ2) is 8.08. The van der Waals surface area contributed by atoms with Gasteiger partial charge in [-0.15, -0.1) is 0 Å². The van der Waals surface area contributed by atoms with Gasteiger partial charge in [0.1, 0.15) is 0 Å². The van der Waals surface area contributed by atoms with Gasteiger partial charge in [0, 0.05) is 6.26 Å². The molecule has 0 aliphatic heterocycles. The van der Waals surface area contributed by atoms with Crippen molar-refractivity contribution in [2.75, 3.05) is 11.6 Å². The summed E-state index contributed by atoms with van der Waals surface area (Å²) in [6.45, 7) is 1.45. The van der Waals surface area contributed by atoms with E-state index >= 15 is 0 Å². The highest BCUT2D eigenvalue weighted by Crippen LogP contribution is 2.21. The van der Waals surface area contributed by atoms with Gasteiger partial charge in [-0.1, -0.05) is 35.9 Å².